The second kappa shape index (κ2) is 4.44. The Bertz CT molecular complexity index is 484. The van der Waals surface area contributed by atoms with E-state index < -0.39 is 0 Å². The number of H-pyrrole nitrogens is 1. The molecule has 1 saturated heterocycles. The maximum atomic E-state index is 4.07. The van der Waals surface area contributed by atoms with Crippen LogP contribution in [0, 0.1) is 0 Å². The van der Waals surface area contributed by atoms with Crippen molar-refractivity contribution in [3.63, 3.8) is 0 Å². The predicted octanol–water partition coefficient (Wildman–Crippen LogP) is 2.36. The summed E-state index contributed by atoms with van der Waals surface area (Å²) in [6.45, 7) is 4.49. The molecule has 0 saturated carbocycles. The highest BCUT2D eigenvalue weighted by atomic mass is 15.1. The van der Waals surface area contributed by atoms with E-state index >= 15 is 0 Å². The summed E-state index contributed by atoms with van der Waals surface area (Å²) < 4.78 is 0. The second-order valence-corrected chi connectivity index (χ2v) is 5.22. The van der Waals surface area contributed by atoms with Crippen LogP contribution in [0.1, 0.15) is 25.5 Å². The van der Waals surface area contributed by atoms with Crippen molar-refractivity contribution in [2.45, 2.75) is 25.2 Å². The molecule has 0 aliphatic carbocycles. The van der Waals surface area contributed by atoms with Crippen LogP contribution in [0.2, 0.25) is 0 Å². The SMILES string of the molecule is CC1(c2ccn[nH]2)CCN(c2ccncc2)CC1. The van der Waals surface area contributed by atoms with E-state index in [4.69, 9.17) is 0 Å². The van der Waals surface area contributed by atoms with Crippen molar-refractivity contribution in [3.05, 3.63) is 42.5 Å². The average Bonchev–Trinajstić information content (AvgIpc) is 2.95. The third-order valence-electron chi connectivity index (χ3n) is 4.05. The van der Waals surface area contributed by atoms with Crippen LogP contribution in [0.15, 0.2) is 36.8 Å². The zero-order valence-electron chi connectivity index (χ0n) is 10.6. The molecule has 18 heavy (non-hydrogen) atoms. The summed E-state index contributed by atoms with van der Waals surface area (Å²) in [7, 11) is 0. The van der Waals surface area contributed by atoms with E-state index in [1.165, 1.54) is 11.4 Å². The molecule has 2 aromatic rings. The van der Waals surface area contributed by atoms with Crippen molar-refractivity contribution in [3.8, 4) is 0 Å². The molecule has 0 spiro atoms. The first-order chi connectivity index (χ1) is 8.78. The molecule has 3 heterocycles. The van der Waals surface area contributed by atoms with Gasteiger partial charge in [-0.2, -0.15) is 5.10 Å². The van der Waals surface area contributed by atoms with Gasteiger partial charge < -0.3 is 4.90 Å². The second-order valence-electron chi connectivity index (χ2n) is 5.22. The van der Waals surface area contributed by atoms with Gasteiger partial charge >= 0.3 is 0 Å². The summed E-state index contributed by atoms with van der Waals surface area (Å²) in [6, 6.07) is 6.26. The normalized spacial score (nSPS) is 18.8. The molecule has 0 bridgehead atoms. The Morgan fingerprint density at radius 1 is 1.11 bits per heavy atom. The van der Waals surface area contributed by atoms with E-state index in [-0.39, 0.29) is 5.41 Å². The molecular formula is C14H18N4. The van der Waals surface area contributed by atoms with Crippen molar-refractivity contribution < 1.29 is 0 Å². The van der Waals surface area contributed by atoms with E-state index in [9.17, 15) is 0 Å². The number of piperidine rings is 1. The Morgan fingerprint density at radius 2 is 1.83 bits per heavy atom. The first kappa shape index (κ1) is 11.3. The van der Waals surface area contributed by atoms with Gasteiger partial charge in [0.05, 0.1) is 0 Å². The van der Waals surface area contributed by atoms with Gasteiger partial charge in [-0.3, -0.25) is 10.1 Å². The first-order valence-corrected chi connectivity index (χ1v) is 6.43. The van der Waals surface area contributed by atoms with Crippen molar-refractivity contribution in [1.82, 2.24) is 15.2 Å². The quantitative estimate of drug-likeness (QED) is 0.879. The molecule has 1 aliphatic rings. The zero-order chi connectivity index (χ0) is 12.4. The number of anilines is 1. The molecule has 1 N–H and O–H groups in total. The van der Waals surface area contributed by atoms with Crippen LogP contribution in [0.25, 0.3) is 0 Å². The summed E-state index contributed by atoms with van der Waals surface area (Å²) in [5.41, 5.74) is 2.77. The van der Waals surface area contributed by atoms with E-state index in [1.807, 2.05) is 18.6 Å². The molecule has 4 nitrogen and oxygen atoms in total. The Balaban J connectivity index is 1.72. The fourth-order valence-electron chi connectivity index (χ4n) is 2.67. The molecule has 1 aliphatic heterocycles. The standard InChI is InChI=1S/C14H18N4/c1-14(13-4-9-16-17-13)5-10-18(11-6-14)12-2-7-15-8-3-12/h2-4,7-9H,5-6,10-11H2,1H3,(H,16,17). The smallest absolute Gasteiger partial charge is 0.0490 e. The minimum Gasteiger partial charge on any atom is -0.371 e. The first-order valence-electron chi connectivity index (χ1n) is 6.43. The van der Waals surface area contributed by atoms with Crippen LogP contribution in [0.4, 0.5) is 5.69 Å². The van der Waals surface area contributed by atoms with Crippen LogP contribution in [-0.4, -0.2) is 28.3 Å². The Morgan fingerprint density at radius 3 is 2.44 bits per heavy atom. The van der Waals surface area contributed by atoms with Crippen molar-refractivity contribution in [1.29, 1.82) is 0 Å². The maximum Gasteiger partial charge on any atom is 0.0490 e. The van der Waals surface area contributed by atoms with Crippen LogP contribution in [0.3, 0.4) is 0 Å². The largest absolute Gasteiger partial charge is 0.371 e. The molecule has 2 aromatic heterocycles. The van der Waals surface area contributed by atoms with Crippen LogP contribution >= 0.6 is 0 Å². The number of hydrogen-bond donors (Lipinski definition) is 1. The third-order valence-corrected chi connectivity index (χ3v) is 4.05. The number of pyridine rings is 1. The lowest BCUT2D eigenvalue weighted by molar-refractivity contribution is 0.353. The van der Waals surface area contributed by atoms with Gasteiger partial charge in [0.1, 0.15) is 0 Å². The van der Waals surface area contributed by atoms with Gasteiger partial charge in [-0.1, -0.05) is 6.92 Å². The number of aromatic nitrogens is 3. The molecule has 94 valence electrons. The average molecular weight is 242 g/mol. The predicted molar refractivity (Wildman–Crippen MR) is 71.6 cm³/mol. The summed E-state index contributed by atoms with van der Waals surface area (Å²) >= 11 is 0. The Kier molecular flexibility index (Phi) is 2.78. The van der Waals surface area contributed by atoms with Crippen LogP contribution in [-0.2, 0) is 5.41 Å². The van der Waals surface area contributed by atoms with Crippen molar-refractivity contribution in [2.24, 2.45) is 0 Å². The number of nitrogens with one attached hydrogen (secondary N) is 1. The molecule has 0 aromatic carbocycles. The fourth-order valence-corrected chi connectivity index (χ4v) is 2.67. The van der Waals surface area contributed by atoms with Gasteiger partial charge in [-0.05, 0) is 31.0 Å². The van der Waals surface area contributed by atoms with Gasteiger partial charge in [0.15, 0.2) is 0 Å². The molecule has 1 fully saturated rings. The van der Waals surface area contributed by atoms with Crippen molar-refractivity contribution >= 4 is 5.69 Å². The van der Waals surface area contributed by atoms with E-state index in [0.29, 0.717) is 0 Å². The summed E-state index contributed by atoms with van der Waals surface area (Å²) in [5, 5.41) is 7.20. The van der Waals surface area contributed by atoms with Crippen LogP contribution < -0.4 is 4.90 Å². The van der Waals surface area contributed by atoms with Gasteiger partial charge in [0.25, 0.3) is 0 Å². The zero-order valence-corrected chi connectivity index (χ0v) is 10.6. The van der Waals surface area contributed by atoms with Gasteiger partial charge in [-0.25, -0.2) is 0 Å². The lowest BCUT2D eigenvalue weighted by Crippen LogP contribution is -2.41. The highest BCUT2D eigenvalue weighted by Crippen LogP contribution is 2.34. The number of aromatic amines is 1. The monoisotopic (exact) mass is 242 g/mol. The van der Waals surface area contributed by atoms with E-state index in [1.54, 1.807) is 0 Å². The van der Waals surface area contributed by atoms with Crippen LogP contribution in [0.5, 0.6) is 0 Å². The highest BCUT2D eigenvalue weighted by Gasteiger charge is 2.32. The van der Waals surface area contributed by atoms with Gasteiger partial charge in [0.2, 0.25) is 0 Å². The Hall–Kier alpha value is -1.84. The molecule has 0 radical (unpaired) electrons. The summed E-state index contributed by atoms with van der Waals surface area (Å²) in [4.78, 5) is 6.50. The van der Waals surface area contributed by atoms with E-state index in [2.05, 4.69) is 45.2 Å². The molecular weight excluding hydrogens is 224 g/mol. The van der Waals surface area contributed by atoms with Gasteiger partial charge in [-0.15, -0.1) is 0 Å². The molecule has 0 unspecified atom stereocenters. The van der Waals surface area contributed by atoms with Crippen molar-refractivity contribution in [2.75, 3.05) is 18.0 Å². The minimum atomic E-state index is 0.236. The number of nitrogens with zero attached hydrogens (tertiary/aromatic N) is 3. The maximum absolute atomic E-state index is 4.07. The molecule has 0 amide bonds. The minimum absolute atomic E-state index is 0.236. The lowest BCUT2D eigenvalue weighted by atomic mass is 9.77. The third kappa shape index (κ3) is 1.98. The Labute approximate surface area is 107 Å². The highest BCUT2D eigenvalue weighted by molar-refractivity contribution is 5.45. The number of rotatable bonds is 2. The molecule has 3 rings (SSSR count). The summed E-state index contributed by atoms with van der Waals surface area (Å²) in [6.07, 6.45) is 7.86. The topological polar surface area (TPSA) is 44.8 Å². The fraction of sp³-hybridized carbons (Fsp3) is 0.429. The number of hydrogen-bond acceptors (Lipinski definition) is 3. The molecule has 4 heteroatoms. The molecule has 0 atom stereocenters. The van der Waals surface area contributed by atoms with Gasteiger partial charge in [0, 0.05) is 48.5 Å². The lowest BCUT2D eigenvalue weighted by Gasteiger charge is -2.39. The van der Waals surface area contributed by atoms with E-state index in [0.717, 1.165) is 25.9 Å². The summed E-state index contributed by atoms with van der Waals surface area (Å²) in [5.74, 6) is 0.